The van der Waals surface area contributed by atoms with E-state index in [2.05, 4.69) is 21.6 Å². The zero-order chi connectivity index (χ0) is 11.7. The van der Waals surface area contributed by atoms with Crippen LogP contribution in [0.3, 0.4) is 0 Å². The average Bonchev–Trinajstić information content (AvgIpc) is 2.86. The first-order valence-electron chi connectivity index (χ1n) is 7.11. The first-order valence-corrected chi connectivity index (χ1v) is 8.26. The van der Waals surface area contributed by atoms with Crippen molar-refractivity contribution in [3.63, 3.8) is 0 Å². The third-order valence-electron chi connectivity index (χ3n) is 4.94. The molecule has 2 N–H and O–H groups in total. The molecule has 2 unspecified atom stereocenters. The molecule has 3 aliphatic heterocycles. The minimum atomic E-state index is 0.331. The van der Waals surface area contributed by atoms with Gasteiger partial charge in [0.25, 0.3) is 0 Å². The Morgan fingerprint density at radius 2 is 2.18 bits per heavy atom. The van der Waals surface area contributed by atoms with Crippen LogP contribution >= 0.6 is 11.8 Å². The van der Waals surface area contributed by atoms with Crippen LogP contribution in [0.5, 0.6) is 0 Å². The average molecular weight is 255 g/mol. The standard InChI is InChI=1S/C13H25N3S/c14-10-13(4-2-8-17-11-13)16-7-6-15-5-1-3-12(15)9-16/h12H,1-11,14H2. The number of nitrogens with two attached hydrogens (primary N) is 1. The van der Waals surface area contributed by atoms with E-state index in [4.69, 9.17) is 5.73 Å². The smallest absolute Gasteiger partial charge is 0.0423 e. The molecule has 0 aromatic heterocycles. The molecule has 2 atom stereocenters. The van der Waals surface area contributed by atoms with Crippen LogP contribution in [0.25, 0.3) is 0 Å². The summed E-state index contributed by atoms with van der Waals surface area (Å²) in [5.74, 6) is 2.60. The minimum absolute atomic E-state index is 0.331. The van der Waals surface area contributed by atoms with Gasteiger partial charge in [-0.2, -0.15) is 11.8 Å². The molecule has 0 saturated carbocycles. The van der Waals surface area contributed by atoms with Crippen molar-refractivity contribution in [3.05, 3.63) is 0 Å². The predicted molar refractivity (Wildman–Crippen MR) is 74.5 cm³/mol. The number of fused-ring (bicyclic) bond motifs is 1. The molecule has 0 aromatic rings. The Balaban J connectivity index is 1.69. The molecule has 0 bridgehead atoms. The summed E-state index contributed by atoms with van der Waals surface area (Å²) in [5.41, 5.74) is 6.47. The number of piperazine rings is 1. The number of thioether (sulfide) groups is 1. The van der Waals surface area contributed by atoms with Crippen molar-refractivity contribution >= 4 is 11.8 Å². The van der Waals surface area contributed by atoms with E-state index in [1.165, 1.54) is 63.4 Å². The van der Waals surface area contributed by atoms with Crippen LogP contribution in [0.1, 0.15) is 25.7 Å². The summed E-state index contributed by atoms with van der Waals surface area (Å²) in [6.07, 6.45) is 5.49. The van der Waals surface area contributed by atoms with Gasteiger partial charge in [-0.3, -0.25) is 9.80 Å². The molecule has 3 saturated heterocycles. The summed E-state index contributed by atoms with van der Waals surface area (Å²) in [7, 11) is 0. The van der Waals surface area contributed by atoms with Crippen molar-refractivity contribution in [1.82, 2.24) is 9.80 Å². The van der Waals surface area contributed by atoms with E-state index in [9.17, 15) is 0 Å². The molecule has 3 aliphatic rings. The highest BCUT2D eigenvalue weighted by atomic mass is 32.2. The van der Waals surface area contributed by atoms with E-state index in [0.29, 0.717) is 5.54 Å². The van der Waals surface area contributed by atoms with Gasteiger partial charge in [-0.05, 0) is 38.0 Å². The Morgan fingerprint density at radius 1 is 1.24 bits per heavy atom. The first kappa shape index (κ1) is 12.3. The van der Waals surface area contributed by atoms with E-state index >= 15 is 0 Å². The minimum Gasteiger partial charge on any atom is -0.329 e. The van der Waals surface area contributed by atoms with Gasteiger partial charge in [0, 0.05) is 43.5 Å². The van der Waals surface area contributed by atoms with E-state index in [-0.39, 0.29) is 0 Å². The van der Waals surface area contributed by atoms with Crippen LogP contribution in [0.4, 0.5) is 0 Å². The maximum atomic E-state index is 6.14. The molecule has 3 heterocycles. The van der Waals surface area contributed by atoms with Gasteiger partial charge < -0.3 is 5.73 Å². The maximum absolute atomic E-state index is 6.14. The Kier molecular flexibility index (Phi) is 3.67. The molecule has 4 heteroatoms. The van der Waals surface area contributed by atoms with Gasteiger partial charge >= 0.3 is 0 Å². The molecule has 3 fully saturated rings. The van der Waals surface area contributed by atoms with Gasteiger partial charge in [0.15, 0.2) is 0 Å². The molecule has 0 spiro atoms. The zero-order valence-electron chi connectivity index (χ0n) is 10.7. The summed E-state index contributed by atoms with van der Waals surface area (Å²) < 4.78 is 0. The first-order chi connectivity index (χ1) is 8.34. The maximum Gasteiger partial charge on any atom is 0.0423 e. The number of rotatable bonds is 2. The van der Waals surface area contributed by atoms with Gasteiger partial charge in [-0.25, -0.2) is 0 Å². The van der Waals surface area contributed by atoms with Gasteiger partial charge in [0.2, 0.25) is 0 Å². The molecular weight excluding hydrogens is 230 g/mol. The second kappa shape index (κ2) is 5.08. The van der Waals surface area contributed by atoms with E-state index < -0.39 is 0 Å². The van der Waals surface area contributed by atoms with Crippen LogP contribution < -0.4 is 5.73 Å². The van der Waals surface area contributed by atoms with Gasteiger partial charge in [0.05, 0.1) is 0 Å². The fourth-order valence-corrected chi connectivity index (χ4v) is 5.12. The van der Waals surface area contributed by atoms with Crippen LogP contribution in [0, 0.1) is 0 Å². The highest BCUT2D eigenvalue weighted by molar-refractivity contribution is 7.99. The Morgan fingerprint density at radius 3 is 2.94 bits per heavy atom. The third kappa shape index (κ3) is 2.25. The fourth-order valence-electron chi connectivity index (χ4n) is 3.80. The fraction of sp³-hybridized carbons (Fsp3) is 1.00. The van der Waals surface area contributed by atoms with Crippen LogP contribution in [-0.2, 0) is 0 Å². The second-order valence-corrected chi connectivity index (χ2v) is 6.97. The van der Waals surface area contributed by atoms with E-state index in [1.54, 1.807) is 0 Å². The lowest BCUT2D eigenvalue weighted by atomic mass is 9.91. The third-order valence-corrected chi connectivity index (χ3v) is 6.26. The van der Waals surface area contributed by atoms with Gasteiger partial charge in [-0.1, -0.05) is 0 Å². The highest BCUT2D eigenvalue weighted by Gasteiger charge is 2.41. The molecule has 3 rings (SSSR count). The topological polar surface area (TPSA) is 32.5 Å². The summed E-state index contributed by atoms with van der Waals surface area (Å²) in [6.45, 7) is 5.98. The molecule has 0 radical (unpaired) electrons. The van der Waals surface area contributed by atoms with Crippen LogP contribution in [-0.4, -0.2) is 65.6 Å². The van der Waals surface area contributed by atoms with Gasteiger partial charge in [-0.15, -0.1) is 0 Å². The highest BCUT2D eigenvalue weighted by Crippen LogP contribution is 2.34. The lowest BCUT2D eigenvalue weighted by Gasteiger charge is -2.50. The zero-order valence-corrected chi connectivity index (χ0v) is 11.6. The molecular formula is C13H25N3S. The monoisotopic (exact) mass is 255 g/mol. The number of hydrogen-bond acceptors (Lipinski definition) is 4. The summed E-state index contributed by atoms with van der Waals surface area (Å²) >= 11 is 2.11. The SMILES string of the molecule is NCC1(N2CCN3CCCC3C2)CCCSC1. The molecule has 0 aromatic carbocycles. The van der Waals surface area contributed by atoms with Crippen molar-refractivity contribution in [1.29, 1.82) is 0 Å². The Labute approximate surface area is 109 Å². The lowest BCUT2D eigenvalue weighted by Crippen LogP contribution is -2.63. The molecule has 0 aliphatic carbocycles. The van der Waals surface area contributed by atoms with Gasteiger partial charge in [0.1, 0.15) is 0 Å². The Bertz CT molecular complexity index is 265. The lowest BCUT2D eigenvalue weighted by molar-refractivity contribution is 0.0238. The van der Waals surface area contributed by atoms with Crippen molar-refractivity contribution in [2.24, 2.45) is 5.73 Å². The molecule has 3 nitrogen and oxygen atoms in total. The predicted octanol–water partition coefficient (Wildman–Crippen LogP) is 0.991. The number of hydrogen-bond donors (Lipinski definition) is 1. The van der Waals surface area contributed by atoms with Crippen LogP contribution in [0.2, 0.25) is 0 Å². The molecule has 17 heavy (non-hydrogen) atoms. The summed E-state index contributed by atoms with van der Waals surface area (Å²) in [4.78, 5) is 5.43. The molecule has 0 amide bonds. The Hall–Kier alpha value is 0.230. The quantitative estimate of drug-likeness (QED) is 0.798. The second-order valence-electron chi connectivity index (χ2n) is 5.86. The normalized spacial score (nSPS) is 40.4. The summed E-state index contributed by atoms with van der Waals surface area (Å²) in [6, 6.07) is 0.833. The summed E-state index contributed by atoms with van der Waals surface area (Å²) in [5, 5.41) is 0. The van der Waals surface area contributed by atoms with Crippen LogP contribution in [0.15, 0.2) is 0 Å². The van der Waals surface area contributed by atoms with E-state index in [1.807, 2.05) is 0 Å². The van der Waals surface area contributed by atoms with Crippen molar-refractivity contribution in [3.8, 4) is 0 Å². The van der Waals surface area contributed by atoms with Crippen molar-refractivity contribution in [2.75, 3.05) is 44.2 Å². The van der Waals surface area contributed by atoms with Crippen molar-refractivity contribution < 1.29 is 0 Å². The van der Waals surface area contributed by atoms with Crippen molar-refractivity contribution in [2.45, 2.75) is 37.3 Å². The number of nitrogens with zero attached hydrogens (tertiary/aromatic N) is 2. The molecule has 98 valence electrons. The van der Waals surface area contributed by atoms with E-state index in [0.717, 1.165) is 12.6 Å². The largest absolute Gasteiger partial charge is 0.329 e.